The quantitative estimate of drug-likeness (QED) is 0.377. The number of hydrogen-bond acceptors (Lipinski definition) is 5. The second-order valence-electron chi connectivity index (χ2n) is 8.36. The number of hydrogen-bond donors (Lipinski definition) is 2. The van der Waals surface area contributed by atoms with Crippen LogP contribution >= 0.6 is 11.8 Å². The van der Waals surface area contributed by atoms with Gasteiger partial charge < -0.3 is 20.1 Å². The Morgan fingerprint density at radius 3 is 2.47 bits per heavy atom. The zero-order valence-electron chi connectivity index (χ0n) is 19.7. The van der Waals surface area contributed by atoms with Crippen LogP contribution in [0.4, 0.5) is 18.9 Å². The molecule has 0 bridgehead atoms. The topological polar surface area (TPSA) is 61.8 Å². The average Bonchev–Trinajstić information content (AvgIpc) is 2.87. The minimum atomic E-state index is -4.38. The molecule has 3 aromatic carbocycles. The van der Waals surface area contributed by atoms with Crippen molar-refractivity contribution >= 4 is 23.4 Å². The van der Waals surface area contributed by atoms with Crippen molar-refractivity contribution in [1.29, 1.82) is 0 Å². The summed E-state index contributed by atoms with van der Waals surface area (Å²) in [6.07, 6.45) is -4.38. The van der Waals surface area contributed by atoms with Gasteiger partial charge in [-0.15, -0.1) is 11.8 Å². The van der Waals surface area contributed by atoms with Gasteiger partial charge in [0.2, 0.25) is 0 Å². The highest BCUT2D eigenvalue weighted by Gasteiger charge is 2.30. The van der Waals surface area contributed by atoms with Gasteiger partial charge in [-0.3, -0.25) is 4.79 Å². The molecule has 3 aromatic rings. The molecule has 36 heavy (non-hydrogen) atoms. The van der Waals surface area contributed by atoms with Crippen molar-refractivity contribution in [1.82, 2.24) is 5.32 Å². The molecule has 1 aliphatic heterocycles. The SMILES string of the molecule is CCSc1ccc(C(CO)NC(=O)c2ccc3c(c2)N(Cc2ccc(C(F)(F)F)cc2)CCO3)cc1. The fraction of sp³-hybridized carbons (Fsp3) is 0.296. The van der Waals surface area contributed by atoms with Crippen molar-refractivity contribution < 1.29 is 27.8 Å². The van der Waals surface area contributed by atoms with Gasteiger partial charge in [0.1, 0.15) is 12.4 Å². The number of thioether (sulfide) groups is 1. The molecular formula is C27H27F3N2O3S. The first kappa shape index (κ1) is 25.9. The maximum absolute atomic E-state index is 13.0. The van der Waals surface area contributed by atoms with Crippen LogP contribution in [0.15, 0.2) is 71.6 Å². The number of benzene rings is 3. The van der Waals surface area contributed by atoms with Crippen molar-refractivity contribution in [2.24, 2.45) is 0 Å². The molecule has 1 atom stereocenters. The minimum Gasteiger partial charge on any atom is -0.490 e. The molecule has 0 saturated heterocycles. The predicted molar refractivity (Wildman–Crippen MR) is 135 cm³/mol. The van der Waals surface area contributed by atoms with E-state index in [1.807, 2.05) is 29.2 Å². The van der Waals surface area contributed by atoms with E-state index in [0.29, 0.717) is 36.7 Å². The number of anilines is 1. The highest BCUT2D eigenvalue weighted by Crippen LogP contribution is 2.34. The molecule has 190 valence electrons. The van der Waals surface area contributed by atoms with Crippen LogP contribution in [0.2, 0.25) is 0 Å². The number of nitrogens with zero attached hydrogens (tertiary/aromatic N) is 1. The van der Waals surface area contributed by atoms with Gasteiger partial charge in [0.05, 0.1) is 30.4 Å². The van der Waals surface area contributed by atoms with Crippen LogP contribution in [0.1, 0.15) is 40.0 Å². The number of rotatable bonds is 8. The normalized spacial score (nSPS) is 14.1. The number of carbonyl (C=O) groups excluding carboxylic acids is 1. The van der Waals surface area contributed by atoms with Gasteiger partial charge in [0.25, 0.3) is 5.91 Å². The fourth-order valence-corrected chi connectivity index (χ4v) is 4.70. The lowest BCUT2D eigenvalue weighted by molar-refractivity contribution is -0.137. The first-order chi connectivity index (χ1) is 17.3. The van der Waals surface area contributed by atoms with Crippen LogP contribution in [0.5, 0.6) is 5.75 Å². The molecule has 1 unspecified atom stereocenters. The molecule has 1 aliphatic rings. The summed E-state index contributed by atoms with van der Waals surface area (Å²) in [6, 6.07) is 17.3. The van der Waals surface area contributed by atoms with Gasteiger partial charge in [0, 0.05) is 17.0 Å². The lowest BCUT2D eigenvalue weighted by atomic mass is 10.1. The van der Waals surface area contributed by atoms with Gasteiger partial charge in [-0.1, -0.05) is 31.2 Å². The van der Waals surface area contributed by atoms with E-state index >= 15 is 0 Å². The van der Waals surface area contributed by atoms with E-state index in [-0.39, 0.29) is 12.5 Å². The van der Waals surface area contributed by atoms with Crippen molar-refractivity contribution in [3.05, 3.63) is 89.0 Å². The molecular weight excluding hydrogens is 489 g/mol. The molecule has 0 saturated carbocycles. The molecule has 0 radical (unpaired) electrons. The van der Waals surface area contributed by atoms with E-state index in [2.05, 4.69) is 12.2 Å². The number of amides is 1. The lowest BCUT2D eigenvalue weighted by Crippen LogP contribution is -2.33. The monoisotopic (exact) mass is 516 g/mol. The Morgan fingerprint density at radius 1 is 1.11 bits per heavy atom. The first-order valence-electron chi connectivity index (χ1n) is 11.6. The third kappa shape index (κ3) is 6.14. The maximum atomic E-state index is 13.0. The Morgan fingerprint density at radius 2 is 1.83 bits per heavy atom. The van der Waals surface area contributed by atoms with E-state index in [4.69, 9.17) is 4.74 Å². The highest BCUT2D eigenvalue weighted by atomic mass is 32.2. The fourth-order valence-electron chi connectivity index (χ4n) is 4.04. The molecule has 1 heterocycles. The highest BCUT2D eigenvalue weighted by molar-refractivity contribution is 7.99. The number of nitrogens with one attached hydrogen (secondary N) is 1. The molecule has 0 fully saturated rings. The smallest absolute Gasteiger partial charge is 0.416 e. The maximum Gasteiger partial charge on any atom is 0.416 e. The van der Waals surface area contributed by atoms with Crippen LogP contribution in [-0.2, 0) is 12.7 Å². The molecule has 2 N–H and O–H groups in total. The summed E-state index contributed by atoms with van der Waals surface area (Å²) in [7, 11) is 0. The number of halogens is 3. The van der Waals surface area contributed by atoms with Gasteiger partial charge >= 0.3 is 6.18 Å². The summed E-state index contributed by atoms with van der Waals surface area (Å²) in [5, 5.41) is 12.8. The van der Waals surface area contributed by atoms with Gasteiger partial charge in [-0.2, -0.15) is 13.2 Å². The molecule has 5 nitrogen and oxygen atoms in total. The van der Waals surface area contributed by atoms with Crippen LogP contribution in [-0.4, -0.2) is 36.5 Å². The Bertz CT molecular complexity index is 1180. The largest absolute Gasteiger partial charge is 0.490 e. The van der Waals surface area contributed by atoms with Crippen LogP contribution in [0, 0.1) is 0 Å². The molecule has 0 spiro atoms. The van der Waals surface area contributed by atoms with E-state index in [1.165, 1.54) is 12.1 Å². The van der Waals surface area contributed by atoms with E-state index in [1.54, 1.807) is 30.0 Å². The summed E-state index contributed by atoms with van der Waals surface area (Å²) in [4.78, 5) is 16.1. The summed E-state index contributed by atoms with van der Waals surface area (Å²) in [6.45, 7) is 3.16. The molecule has 9 heteroatoms. The first-order valence-corrected chi connectivity index (χ1v) is 12.6. The Balaban J connectivity index is 1.49. The summed E-state index contributed by atoms with van der Waals surface area (Å²) >= 11 is 1.71. The zero-order chi connectivity index (χ0) is 25.7. The molecule has 0 aliphatic carbocycles. The zero-order valence-corrected chi connectivity index (χ0v) is 20.5. The van der Waals surface area contributed by atoms with Crippen molar-refractivity contribution in [3.8, 4) is 5.75 Å². The number of carbonyl (C=O) groups is 1. The third-order valence-corrected chi connectivity index (χ3v) is 6.81. The number of aliphatic hydroxyl groups is 1. The predicted octanol–water partition coefficient (Wildman–Crippen LogP) is 5.68. The Kier molecular flexibility index (Phi) is 8.11. The molecule has 1 amide bonds. The summed E-state index contributed by atoms with van der Waals surface area (Å²) in [5.74, 6) is 1.22. The number of aliphatic hydroxyl groups excluding tert-OH is 1. The minimum absolute atomic E-state index is 0.250. The van der Waals surface area contributed by atoms with Crippen molar-refractivity contribution in [2.45, 2.75) is 30.6 Å². The van der Waals surface area contributed by atoms with E-state index < -0.39 is 17.8 Å². The van der Waals surface area contributed by atoms with Gasteiger partial charge in [-0.25, -0.2) is 0 Å². The summed E-state index contributed by atoms with van der Waals surface area (Å²) < 4.78 is 44.4. The molecule has 4 rings (SSSR count). The summed E-state index contributed by atoms with van der Waals surface area (Å²) in [5.41, 5.74) is 1.92. The van der Waals surface area contributed by atoms with Crippen molar-refractivity contribution in [3.63, 3.8) is 0 Å². The van der Waals surface area contributed by atoms with E-state index in [9.17, 15) is 23.1 Å². The second-order valence-corrected chi connectivity index (χ2v) is 9.70. The van der Waals surface area contributed by atoms with Crippen molar-refractivity contribution in [2.75, 3.05) is 30.4 Å². The Labute approximate surface area is 212 Å². The standard InChI is InChI=1S/C27H27F3N2O3S/c1-2-36-22-10-5-19(6-11-22)23(17-33)31-26(34)20-7-12-25-24(15-20)32(13-14-35-25)16-18-3-8-21(9-4-18)27(28,29)30/h3-12,15,23,33H,2,13-14,16-17H2,1H3,(H,31,34). The number of alkyl halides is 3. The second kappa shape index (κ2) is 11.3. The number of fused-ring (bicyclic) bond motifs is 1. The van der Waals surface area contributed by atoms with Crippen LogP contribution in [0.3, 0.4) is 0 Å². The molecule has 0 aromatic heterocycles. The van der Waals surface area contributed by atoms with Crippen LogP contribution in [0.25, 0.3) is 0 Å². The lowest BCUT2D eigenvalue weighted by Gasteiger charge is -2.32. The van der Waals surface area contributed by atoms with Crippen LogP contribution < -0.4 is 15.0 Å². The third-order valence-electron chi connectivity index (χ3n) is 5.92. The number of ether oxygens (including phenoxy) is 1. The Hall–Kier alpha value is -3.17. The average molecular weight is 517 g/mol. The van der Waals surface area contributed by atoms with E-state index in [0.717, 1.165) is 33.9 Å². The van der Waals surface area contributed by atoms with Gasteiger partial charge in [0.15, 0.2) is 0 Å². The van der Waals surface area contributed by atoms with Gasteiger partial charge in [-0.05, 0) is 59.3 Å².